The first-order chi connectivity index (χ1) is 11.5. The predicted octanol–water partition coefficient (Wildman–Crippen LogP) is 3.55. The average Bonchev–Trinajstić information content (AvgIpc) is 2.99. The first kappa shape index (κ1) is 19.9. The Morgan fingerprint density at radius 3 is 2.80 bits per heavy atom. The van der Waals surface area contributed by atoms with E-state index in [1.807, 2.05) is 0 Å². The summed E-state index contributed by atoms with van der Waals surface area (Å²) in [6, 6.07) is 4.63. The van der Waals surface area contributed by atoms with Crippen LogP contribution in [-0.2, 0) is 11.3 Å². The topological polar surface area (TPSA) is 75.5 Å². The van der Waals surface area contributed by atoms with E-state index >= 15 is 0 Å². The van der Waals surface area contributed by atoms with Crippen molar-refractivity contribution in [3.05, 3.63) is 38.9 Å². The van der Waals surface area contributed by atoms with Crippen LogP contribution in [0.5, 0.6) is 0 Å². The van der Waals surface area contributed by atoms with Gasteiger partial charge in [-0.2, -0.15) is 0 Å². The molecule has 3 rings (SSSR count). The van der Waals surface area contributed by atoms with Gasteiger partial charge >= 0.3 is 0 Å². The molecule has 1 amide bonds. The third kappa shape index (κ3) is 4.43. The van der Waals surface area contributed by atoms with Crippen molar-refractivity contribution < 1.29 is 9.72 Å². The Bertz CT molecular complexity index is 642. The van der Waals surface area contributed by atoms with Gasteiger partial charge in [0.1, 0.15) is 0 Å². The molecule has 0 bridgehead atoms. The molecule has 2 aliphatic rings. The van der Waals surface area contributed by atoms with E-state index in [-0.39, 0.29) is 36.6 Å². The quantitative estimate of drug-likeness (QED) is 0.632. The first-order valence-corrected chi connectivity index (χ1v) is 8.77. The number of carbonyl (C=O) groups is 1. The number of rotatable bonds is 4. The fourth-order valence-corrected chi connectivity index (χ4v) is 4.08. The highest BCUT2D eigenvalue weighted by Gasteiger charge is 2.39. The number of hydrogen-bond acceptors (Lipinski definition) is 4. The Hall–Kier alpha value is -1.37. The summed E-state index contributed by atoms with van der Waals surface area (Å²) in [7, 11) is 1.72. The van der Waals surface area contributed by atoms with Crippen LogP contribution in [0.25, 0.3) is 0 Å². The molecule has 3 atom stereocenters. The van der Waals surface area contributed by atoms with Gasteiger partial charge in [0.25, 0.3) is 5.69 Å². The van der Waals surface area contributed by atoms with E-state index in [2.05, 4.69) is 5.32 Å². The van der Waals surface area contributed by atoms with Gasteiger partial charge in [0, 0.05) is 36.8 Å². The lowest BCUT2D eigenvalue weighted by molar-refractivity contribution is -0.384. The van der Waals surface area contributed by atoms with Crippen LogP contribution < -0.4 is 5.32 Å². The molecule has 8 heteroatoms. The van der Waals surface area contributed by atoms with Crippen molar-refractivity contribution in [3.63, 3.8) is 0 Å². The average molecular weight is 388 g/mol. The normalized spacial score (nSPS) is 25.0. The maximum Gasteiger partial charge on any atom is 0.269 e. The van der Waals surface area contributed by atoms with E-state index in [0.29, 0.717) is 22.5 Å². The van der Waals surface area contributed by atoms with Gasteiger partial charge in [0.15, 0.2) is 0 Å². The summed E-state index contributed by atoms with van der Waals surface area (Å²) in [5, 5.41) is 14.8. The molecule has 1 saturated carbocycles. The van der Waals surface area contributed by atoms with E-state index < -0.39 is 4.92 Å². The molecule has 1 N–H and O–H groups in total. The van der Waals surface area contributed by atoms with Gasteiger partial charge in [-0.05, 0) is 36.8 Å². The number of halogens is 2. The molecule has 138 valence electrons. The van der Waals surface area contributed by atoms with E-state index in [1.165, 1.54) is 37.5 Å². The maximum absolute atomic E-state index is 12.7. The Labute approximate surface area is 158 Å². The van der Waals surface area contributed by atoms with Gasteiger partial charge in [0.2, 0.25) is 5.91 Å². The number of carbonyl (C=O) groups excluding carboxylic acids is 1. The Kier molecular flexibility index (Phi) is 6.65. The summed E-state index contributed by atoms with van der Waals surface area (Å²) in [5.41, 5.74) is 0.581. The van der Waals surface area contributed by atoms with Crippen molar-refractivity contribution in [2.75, 3.05) is 7.05 Å². The standard InChI is InChI=1S/C17H22ClN3O3.ClH/c1-20(10-12-8-13(21(23)24)6-7-14(12)18)17(22)16-9-11-4-2-3-5-15(11)19-16;/h6-8,11,15-16,19H,2-5,9-10H2,1H3;1H. The van der Waals surface area contributed by atoms with Crippen molar-refractivity contribution in [1.29, 1.82) is 0 Å². The van der Waals surface area contributed by atoms with Crippen molar-refractivity contribution >= 4 is 35.6 Å². The lowest BCUT2D eigenvalue weighted by atomic mass is 9.85. The van der Waals surface area contributed by atoms with Crippen LogP contribution >= 0.6 is 24.0 Å². The highest BCUT2D eigenvalue weighted by atomic mass is 35.5. The lowest BCUT2D eigenvalue weighted by Gasteiger charge is -2.24. The molecule has 6 nitrogen and oxygen atoms in total. The molecule has 1 saturated heterocycles. The van der Waals surface area contributed by atoms with E-state index in [4.69, 9.17) is 11.6 Å². The Morgan fingerprint density at radius 2 is 2.12 bits per heavy atom. The monoisotopic (exact) mass is 387 g/mol. The summed E-state index contributed by atoms with van der Waals surface area (Å²) < 4.78 is 0. The van der Waals surface area contributed by atoms with Crippen molar-refractivity contribution in [2.24, 2.45) is 5.92 Å². The van der Waals surface area contributed by atoms with Gasteiger partial charge in [-0.3, -0.25) is 14.9 Å². The molecular weight excluding hydrogens is 365 g/mol. The van der Waals surface area contributed by atoms with Crippen LogP contribution in [0.15, 0.2) is 18.2 Å². The molecule has 3 unspecified atom stereocenters. The van der Waals surface area contributed by atoms with Crippen LogP contribution in [0.2, 0.25) is 5.02 Å². The molecule has 25 heavy (non-hydrogen) atoms. The highest BCUT2D eigenvalue weighted by Crippen LogP contribution is 2.34. The third-order valence-electron chi connectivity index (χ3n) is 5.18. The molecule has 1 aliphatic carbocycles. The van der Waals surface area contributed by atoms with Crippen LogP contribution in [0.4, 0.5) is 5.69 Å². The van der Waals surface area contributed by atoms with Gasteiger partial charge in [0.05, 0.1) is 11.0 Å². The number of nitro benzene ring substituents is 1. The number of amides is 1. The van der Waals surface area contributed by atoms with Crippen LogP contribution in [0.3, 0.4) is 0 Å². The predicted molar refractivity (Wildman–Crippen MR) is 99.1 cm³/mol. The summed E-state index contributed by atoms with van der Waals surface area (Å²) in [4.78, 5) is 24.8. The molecule has 2 fully saturated rings. The number of nitro groups is 1. The highest BCUT2D eigenvalue weighted by molar-refractivity contribution is 6.31. The number of nitrogens with one attached hydrogen (secondary N) is 1. The smallest absolute Gasteiger partial charge is 0.269 e. The number of likely N-dealkylation sites (N-methyl/N-ethyl adjacent to an activating group) is 1. The molecule has 0 aromatic heterocycles. The second-order valence-electron chi connectivity index (χ2n) is 6.83. The number of benzene rings is 1. The second-order valence-corrected chi connectivity index (χ2v) is 7.24. The third-order valence-corrected chi connectivity index (χ3v) is 5.55. The number of non-ortho nitro benzene ring substituents is 1. The minimum Gasteiger partial charge on any atom is -0.340 e. The Morgan fingerprint density at radius 1 is 1.40 bits per heavy atom. The zero-order valence-electron chi connectivity index (χ0n) is 14.1. The lowest BCUT2D eigenvalue weighted by Crippen LogP contribution is -2.43. The first-order valence-electron chi connectivity index (χ1n) is 8.39. The van der Waals surface area contributed by atoms with Crippen LogP contribution in [0.1, 0.15) is 37.7 Å². The summed E-state index contributed by atoms with van der Waals surface area (Å²) >= 11 is 6.13. The second kappa shape index (κ2) is 8.34. The summed E-state index contributed by atoms with van der Waals surface area (Å²) in [6.07, 6.45) is 5.71. The van der Waals surface area contributed by atoms with Gasteiger partial charge in [-0.1, -0.05) is 24.4 Å². The fourth-order valence-electron chi connectivity index (χ4n) is 3.91. The minimum atomic E-state index is -0.454. The van der Waals surface area contributed by atoms with Crippen LogP contribution in [0, 0.1) is 16.0 Å². The number of hydrogen-bond donors (Lipinski definition) is 1. The Balaban J connectivity index is 0.00000225. The molecule has 0 spiro atoms. The number of fused-ring (bicyclic) bond motifs is 1. The van der Waals surface area contributed by atoms with Crippen LogP contribution in [-0.4, -0.2) is 34.9 Å². The summed E-state index contributed by atoms with van der Waals surface area (Å²) in [6.45, 7) is 0.271. The molecular formula is C17H23Cl2N3O3. The molecule has 1 heterocycles. The minimum absolute atomic E-state index is 0. The zero-order valence-corrected chi connectivity index (χ0v) is 15.7. The molecule has 0 radical (unpaired) electrons. The van der Waals surface area contributed by atoms with Crippen molar-refractivity contribution in [1.82, 2.24) is 10.2 Å². The van der Waals surface area contributed by atoms with Crippen molar-refractivity contribution in [3.8, 4) is 0 Å². The molecule has 1 aromatic rings. The molecule has 1 aromatic carbocycles. The van der Waals surface area contributed by atoms with Gasteiger partial charge < -0.3 is 10.2 Å². The fraction of sp³-hybridized carbons (Fsp3) is 0.588. The molecule has 1 aliphatic heterocycles. The maximum atomic E-state index is 12.7. The summed E-state index contributed by atoms with van der Waals surface area (Å²) in [5.74, 6) is 0.634. The van der Waals surface area contributed by atoms with Gasteiger partial charge in [-0.15, -0.1) is 12.4 Å². The SMILES string of the molecule is CN(Cc1cc([N+](=O)[O-])ccc1Cl)C(=O)C1CC2CCCCC2N1.Cl. The number of nitrogens with zero attached hydrogens (tertiary/aromatic N) is 2. The van der Waals surface area contributed by atoms with E-state index in [1.54, 1.807) is 11.9 Å². The largest absolute Gasteiger partial charge is 0.340 e. The van der Waals surface area contributed by atoms with E-state index in [0.717, 1.165) is 12.8 Å². The zero-order chi connectivity index (χ0) is 17.3. The van der Waals surface area contributed by atoms with Gasteiger partial charge in [-0.25, -0.2) is 0 Å². The van der Waals surface area contributed by atoms with E-state index in [9.17, 15) is 14.9 Å². The van der Waals surface area contributed by atoms with Crippen molar-refractivity contribution in [2.45, 2.75) is 50.7 Å².